The highest BCUT2D eigenvalue weighted by molar-refractivity contribution is 5.94. The van der Waals surface area contributed by atoms with E-state index in [1.54, 1.807) is 18.2 Å². The fourth-order valence-corrected chi connectivity index (χ4v) is 1.82. The summed E-state index contributed by atoms with van der Waals surface area (Å²) in [5, 5.41) is 3.00. The molecule has 0 bridgehead atoms. The Balaban J connectivity index is 2.10. The van der Waals surface area contributed by atoms with Crippen LogP contribution in [0.4, 0.5) is 0 Å². The molecule has 0 aliphatic heterocycles. The van der Waals surface area contributed by atoms with E-state index in [1.807, 2.05) is 36.5 Å². The molecule has 0 aliphatic rings. The van der Waals surface area contributed by atoms with Gasteiger partial charge < -0.3 is 10.3 Å². The maximum Gasteiger partial charge on any atom is 0.251 e. The van der Waals surface area contributed by atoms with Crippen LogP contribution < -0.4 is 5.32 Å². The second kappa shape index (κ2) is 5.87. The van der Waals surface area contributed by atoms with Crippen LogP contribution in [0.2, 0.25) is 0 Å². The van der Waals surface area contributed by atoms with Crippen molar-refractivity contribution in [2.45, 2.75) is 12.5 Å². The molecule has 2 aromatic rings. The number of hydrogen-bond donors (Lipinski definition) is 2. The first-order chi connectivity index (χ1) is 8.81. The van der Waals surface area contributed by atoms with Gasteiger partial charge >= 0.3 is 0 Å². The fraction of sp³-hybridized carbons (Fsp3) is 0.133. The lowest BCUT2D eigenvalue weighted by atomic mass is 10.1. The Morgan fingerprint density at radius 1 is 1.28 bits per heavy atom. The van der Waals surface area contributed by atoms with E-state index in [-0.39, 0.29) is 11.9 Å². The molecule has 1 atom stereocenters. The fourth-order valence-electron chi connectivity index (χ4n) is 1.82. The Hall–Kier alpha value is -2.29. The minimum atomic E-state index is -0.0722. The number of hydrogen-bond acceptors (Lipinski definition) is 1. The van der Waals surface area contributed by atoms with Crippen LogP contribution in [-0.4, -0.2) is 10.9 Å². The summed E-state index contributed by atoms with van der Waals surface area (Å²) in [6.45, 7) is 3.73. The number of carbonyl (C=O) groups excluding carboxylic acids is 1. The van der Waals surface area contributed by atoms with E-state index in [4.69, 9.17) is 0 Å². The standard InChI is InChI=1S/C15H16N2O/c1-2-7-14(13-10-6-11-16-13)17-15(18)12-8-4-3-5-9-12/h2-6,8-11,14,16H,1,7H2,(H,17,18)/t14-/m0/s1. The molecule has 0 spiro atoms. The summed E-state index contributed by atoms with van der Waals surface area (Å²) in [6, 6.07) is 13.0. The summed E-state index contributed by atoms with van der Waals surface area (Å²) in [7, 11) is 0. The normalized spacial score (nSPS) is 11.8. The van der Waals surface area contributed by atoms with Gasteiger partial charge in [-0.25, -0.2) is 0 Å². The zero-order chi connectivity index (χ0) is 12.8. The lowest BCUT2D eigenvalue weighted by molar-refractivity contribution is 0.0936. The van der Waals surface area contributed by atoms with Crippen molar-refractivity contribution in [2.24, 2.45) is 0 Å². The van der Waals surface area contributed by atoms with Gasteiger partial charge in [0, 0.05) is 17.5 Å². The topological polar surface area (TPSA) is 44.9 Å². The number of carbonyl (C=O) groups is 1. The lowest BCUT2D eigenvalue weighted by Gasteiger charge is -2.16. The van der Waals surface area contributed by atoms with Gasteiger partial charge in [-0.1, -0.05) is 24.3 Å². The highest BCUT2D eigenvalue weighted by Crippen LogP contribution is 2.15. The van der Waals surface area contributed by atoms with Crippen molar-refractivity contribution >= 4 is 5.91 Å². The van der Waals surface area contributed by atoms with Gasteiger partial charge in [0.1, 0.15) is 0 Å². The molecule has 1 amide bonds. The summed E-state index contributed by atoms with van der Waals surface area (Å²) in [5.41, 5.74) is 1.65. The van der Waals surface area contributed by atoms with Crippen LogP contribution >= 0.6 is 0 Å². The summed E-state index contributed by atoms with van der Waals surface area (Å²) in [5.74, 6) is -0.0722. The van der Waals surface area contributed by atoms with Crippen LogP contribution in [-0.2, 0) is 0 Å². The van der Waals surface area contributed by atoms with Crippen molar-refractivity contribution in [2.75, 3.05) is 0 Å². The summed E-state index contributed by atoms with van der Waals surface area (Å²) >= 11 is 0. The smallest absolute Gasteiger partial charge is 0.251 e. The van der Waals surface area contributed by atoms with Crippen molar-refractivity contribution < 1.29 is 4.79 Å². The van der Waals surface area contributed by atoms with Gasteiger partial charge in [-0.3, -0.25) is 4.79 Å². The van der Waals surface area contributed by atoms with Gasteiger partial charge in [0.2, 0.25) is 0 Å². The van der Waals surface area contributed by atoms with Gasteiger partial charge in [0.15, 0.2) is 0 Å². The third-order valence-electron chi connectivity index (χ3n) is 2.74. The van der Waals surface area contributed by atoms with Crippen LogP contribution in [0.15, 0.2) is 61.3 Å². The van der Waals surface area contributed by atoms with Crippen molar-refractivity contribution in [1.29, 1.82) is 0 Å². The Labute approximate surface area is 107 Å². The molecular formula is C15H16N2O. The van der Waals surface area contributed by atoms with E-state index in [0.717, 1.165) is 5.69 Å². The number of aromatic amines is 1. The van der Waals surface area contributed by atoms with Crippen LogP contribution in [0.5, 0.6) is 0 Å². The van der Waals surface area contributed by atoms with E-state index in [9.17, 15) is 4.79 Å². The van der Waals surface area contributed by atoms with Crippen molar-refractivity contribution in [3.8, 4) is 0 Å². The number of H-pyrrole nitrogens is 1. The van der Waals surface area contributed by atoms with Crippen molar-refractivity contribution in [3.63, 3.8) is 0 Å². The highest BCUT2D eigenvalue weighted by atomic mass is 16.1. The largest absolute Gasteiger partial charge is 0.363 e. The predicted octanol–water partition coefficient (Wildman–Crippen LogP) is 3.06. The van der Waals surface area contributed by atoms with Gasteiger partial charge in [0.05, 0.1) is 6.04 Å². The molecule has 1 aromatic carbocycles. The summed E-state index contributed by atoms with van der Waals surface area (Å²) in [6.07, 6.45) is 4.34. The van der Waals surface area contributed by atoms with E-state index in [0.29, 0.717) is 12.0 Å². The number of nitrogens with one attached hydrogen (secondary N) is 2. The Kier molecular flexibility index (Phi) is 3.97. The maximum atomic E-state index is 12.1. The molecule has 0 saturated heterocycles. The molecule has 1 aromatic heterocycles. The zero-order valence-corrected chi connectivity index (χ0v) is 10.1. The number of amides is 1. The average molecular weight is 240 g/mol. The first kappa shape index (κ1) is 12.2. The van der Waals surface area contributed by atoms with Crippen LogP contribution in [0.25, 0.3) is 0 Å². The van der Waals surface area contributed by atoms with Crippen LogP contribution in [0.3, 0.4) is 0 Å². The zero-order valence-electron chi connectivity index (χ0n) is 10.1. The summed E-state index contributed by atoms with van der Waals surface area (Å²) < 4.78 is 0. The average Bonchev–Trinajstić information content (AvgIpc) is 2.93. The Morgan fingerprint density at radius 3 is 2.67 bits per heavy atom. The second-order valence-corrected chi connectivity index (χ2v) is 4.04. The maximum absolute atomic E-state index is 12.1. The van der Waals surface area contributed by atoms with E-state index < -0.39 is 0 Å². The molecule has 2 N–H and O–H groups in total. The highest BCUT2D eigenvalue weighted by Gasteiger charge is 2.14. The van der Waals surface area contributed by atoms with Gasteiger partial charge in [-0.05, 0) is 30.7 Å². The molecule has 3 heteroatoms. The minimum absolute atomic E-state index is 0.0646. The third-order valence-corrected chi connectivity index (χ3v) is 2.74. The van der Waals surface area contributed by atoms with Crippen molar-refractivity contribution in [1.82, 2.24) is 10.3 Å². The lowest BCUT2D eigenvalue weighted by Crippen LogP contribution is -2.28. The third kappa shape index (κ3) is 2.88. The molecule has 0 radical (unpaired) electrons. The molecular weight excluding hydrogens is 224 g/mol. The Morgan fingerprint density at radius 2 is 2.06 bits per heavy atom. The number of benzene rings is 1. The minimum Gasteiger partial charge on any atom is -0.363 e. The number of aromatic nitrogens is 1. The van der Waals surface area contributed by atoms with E-state index >= 15 is 0 Å². The van der Waals surface area contributed by atoms with E-state index in [1.165, 1.54) is 0 Å². The molecule has 2 rings (SSSR count). The van der Waals surface area contributed by atoms with E-state index in [2.05, 4.69) is 16.9 Å². The van der Waals surface area contributed by atoms with Gasteiger partial charge in [-0.2, -0.15) is 0 Å². The summed E-state index contributed by atoms with van der Waals surface area (Å²) in [4.78, 5) is 15.2. The quantitative estimate of drug-likeness (QED) is 0.775. The van der Waals surface area contributed by atoms with Crippen LogP contribution in [0, 0.1) is 0 Å². The molecule has 0 unspecified atom stereocenters. The SMILES string of the molecule is C=CC[C@H](NC(=O)c1ccccc1)c1ccc[nH]1. The number of rotatable bonds is 5. The van der Waals surface area contributed by atoms with Crippen molar-refractivity contribution in [3.05, 3.63) is 72.6 Å². The van der Waals surface area contributed by atoms with Crippen LogP contribution in [0.1, 0.15) is 28.5 Å². The second-order valence-electron chi connectivity index (χ2n) is 4.04. The molecule has 0 fully saturated rings. The molecule has 0 saturated carbocycles. The molecule has 92 valence electrons. The monoisotopic (exact) mass is 240 g/mol. The Bertz CT molecular complexity index is 503. The first-order valence-electron chi connectivity index (χ1n) is 5.91. The molecule has 1 heterocycles. The van der Waals surface area contributed by atoms with Gasteiger partial charge in [0.25, 0.3) is 5.91 Å². The molecule has 0 aliphatic carbocycles. The first-order valence-corrected chi connectivity index (χ1v) is 5.91. The molecule has 3 nitrogen and oxygen atoms in total. The molecule has 18 heavy (non-hydrogen) atoms. The van der Waals surface area contributed by atoms with Gasteiger partial charge in [-0.15, -0.1) is 6.58 Å². The predicted molar refractivity (Wildman–Crippen MR) is 72.3 cm³/mol.